The van der Waals surface area contributed by atoms with E-state index in [1.165, 1.54) is 49.3 Å². The van der Waals surface area contributed by atoms with E-state index >= 15 is 0 Å². The molecule has 0 radical (unpaired) electrons. The first kappa shape index (κ1) is 54.7. The van der Waals surface area contributed by atoms with Crippen LogP contribution in [0.2, 0.25) is 0 Å². The summed E-state index contributed by atoms with van der Waals surface area (Å²) in [5.41, 5.74) is 3.40. The first-order valence-corrected chi connectivity index (χ1v) is 20.3. The normalized spacial score (nSPS) is 13.5. The second-order valence-electron chi connectivity index (χ2n) is 15.2. The van der Waals surface area contributed by atoms with Crippen LogP contribution in [0.25, 0.3) is 0 Å². The number of ketones is 3. The van der Waals surface area contributed by atoms with Crippen molar-refractivity contribution in [1.29, 1.82) is 0 Å². The quantitative estimate of drug-likeness (QED) is 0.0259. The van der Waals surface area contributed by atoms with E-state index < -0.39 is 108 Å². The van der Waals surface area contributed by atoms with Gasteiger partial charge >= 0.3 is 5.97 Å². The third kappa shape index (κ3) is 23.6. The number of hydrogen-bond acceptors (Lipinski definition) is 15. The maximum absolute atomic E-state index is 14.2. The molecule has 1 aromatic carbocycles. The van der Waals surface area contributed by atoms with Crippen LogP contribution in [0, 0.1) is 23.7 Å². The largest absolute Gasteiger partial charge is 0.508 e. The molecule has 2 unspecified atom stereocenters. The summed E-state index contributed by atoms with van der Waals surface area (Å²) < 4.78 is 15.6. The van der Waals surface area contributed by atoms with Gasteiger partial charge in [-0.25, -0.2) is 11.0 Å². The van der Waals surface area contributed by atoms with Gasteiger partial charge in [0.25, 0.3) is 0 Å². The fourth-order valence-electron chi connectivity index (χ4n) is 6.27. The number of carboxylic acids is 1. The number of benzene rings is 1. The molecule has 0 spiro atoms. The van der Waals surface area contributed by atoms with Gasteiger partial charge in [0.15, 0.2) is 11.6 Å². The number of phenols is 1. The minimum Gasteiger partial charge on any atom is -0.508 e. The number of Topliss-reactive ketones (excluding diaryl/α,β-unsaturated/α-hetero) is 3. The average Bonchev–Trinajstić information content (AvgIpc) is 3.21. The zero-order chi connectivity index (χ0) is 46.6. The standard InChI is InChI=1S/C41H63N5O16/c1-25(2)19-33(44-40(56)29(20-26(3)47)24-38(53)54)35(50)23-30(21-27-5-8-31(48)9-6-27)41(57)43-32(10-12-37(52)46-59)34(49)22-28(7-11-36(51)45-58)39(55)42-13-14-61-17-18-62-16-15-60-4/h5-6,8-9,25,28-30,32-33,48,58-59H,7,10-24H2,1-4H3,(H,42,55)(H,43,57)(H,44,56)(H,45,51)(H,46,52)(H,53,54)/t28?,29-,30+,32?,33+/m0/s1. The first-order valence-electron chi connectivity index (χ1n) is 20.3. The lowest BCUT2D eigenvalue weighted by atomic mass is 9.87. The molecule has 1 aromatic rings. The summed E-state index contributed by atoms with van der Waals surface area (Å²) in [6.07, 6.45) is -3.55. The smallest absolute Gasteiger partial charge is 0.304 e. The number of aromatic hydroxyl groups is 1. The fraction of sp³-hybridized carbons (Fsp3) is 0.634. The van der Waals surface area contributed by atoms with Gasteiger partial charge in [-0.3, -0.25) is 48.8 Å². The number of ether oxygens (including phenoxy) is 3. The van der Waals surface area contributed by atoms with Crippen LogP contribution >= 0.6 is 0 Å². The highest BCUT2D eigenvalue weighted by Crippen LogP contribution is 2.22. The Labute approximate surface area is 360 Å². The summed E-state index contributed by atoms with van der Waals surface area (Å²) in [7, 11) is 1.54. The SMILES string of the molecule is COCCOCCOCCNC(=O)C(CCC(=O)NO)CC(=O)C(CCC(=O)NO)NC(=O)[C@@H](CC(=O)[C@@H](CC(C)C)NC(=O)[C@@H](CC(C)=O)CC(=O)O)Cc1ccc(O)cc1. The average molecular weight is 882 g/mol. The van der Waals surface area contributed by atoms with Crippen LogP contribution in [0.15, 0.2) is 24.3 Å². The number of methoxy groups -OCH3 is 1. The Balaban J connectivity index is 3.41. The molecule has 0 saturated carbocycles. The number of phenolic OH excluding ortho intramolecular Hbond substituents is 1. The number of carbonyl (C=O) groups excluding carboxylic acids is 8. The molecule has 1 rings (SSSR count). The molecule has 0 heterocycles. The number of hydrogen-bond donors (Lipinski definition) is 9. The van der Waals surface area contributed by atoms with Crippen LogP contribution in [0.4, 0.5) is 0 Å². The van der Waals surface area contributed by atoms with Crippen molar-refractivity contribution in [1.82, 2.24) is 26.9 Å². The lowest BCUT2D eigenvalue weighted by Gasteiger charge is -2.26. The second kappa shape index (κ2) is 30.6. The van der Waals surface area contributed by atoms with Crippen LogP contribution in [0.5, 0.6) is 5.75 Å². The van der Waals surface area contributed by atoms with E-state index in [0.29, 0.717) is 18.8 Å². The molecule has 21 nitrogen and oxygen atoms in total. The third-order valence-corrected chi connectivity index (χ3v) is 9.48. The molecule has 0 saturated heterocycles. The molecule has 0 aliphatic carbocycles. The van der Waals surface area contributed by atoms with Gasteiger partial charge in [0.2, 0.25) is 29.5 Å². The Morgan fingerprint density at radius 2 is 1.18 bits per heavy atom. The van der Waals surface area contributed by atoms with Crippen molar-refractivity contribution >= 4 is 52.9 Å². The van der Waals surface area contributed by atoms with Crippen molar-refractivity contribution in [2.75, 3.05) is 46.7 Å². The third-order valence-electron chi connectivity index (χ3n) is 9.48. The number of nitrogens with one attached hydrogen (secondary N) is 5. The summed E-state index contributed by atoms with van der Waals surface area (Å²) in [6.45, 7) is 6.14. The minimum atomic E-state index is -1.46. The maximum atomic E-state index is 14.2. The monoisotopic (exact) mass is 881 g/mol. The summed E-state index contributed by atoms with van der Waals surface area (Å²) in [6, 6.07) is 3.06. The number of aliphatic carboxylic acids is 1. The molecule has 62 heavy (non-hydrogen) atoms. The van der Waals surface area contributed by atoms with E-state index in [1.54, 1.807) is 13.8 Å². The molecule has 348 valence electrons. The van der Waals surface area contributed by atoms with Gasteiger partial charge in [-0.05, 0) is 56.2 Å². The van der Waals surface area contributed by atoms with Gasteiger partial charge in [0.1, 0.15) is 11.5 Å². The zero-order valence-corrected chi connectivity index (χ0v) is 35.8. The van der Waals surface area contributed by atoms with Gasteiger partial charge in [-0.2, -0.15) is 0 Å². The van der Waals surface area contributed by atoms with Crippen LogP contribution in [0.1, 0.15) is 84.1 Å². The van der Waals surface area contributed by atoms with E-state index in [2.05, 4.69) is 16.0 Å². The zero-order valence-electron chi connectivity index (χ0n) is 35.8. The Hall–Kier alpha value is -5.35. The van der Waals surface area contributed by atoms with Gasteiger partial charge in [0, 0.05) is 57.6 Å². The van der Waals surface area contributed by atoms with E-state index in [0.717, 1.165) is 0 Å². The van der Waals surface area contributed by atoms with Crippen molar-refractivity contribution in [2.45, 2.75) is 97.1 Å². The highest BCUT2D eigenvalue weighted by atomic mass is 16.5. The van der Waals surface area contributed by atoms with Crippen LogP contribution in [0.3, 0.4) is 0 Å². The van der Waals surface area contributed by atoms with Gasteiger partial charge in [0.05, 0.1) is 57.5 Å². The number of amides is 5. The summed E-state index contributed by atoms with van der Waals surface area (Å²) >= 11 is 0. The Morgan fingerprint density at radius 3 is 1.74 bits per heavy atom. The predicted octanol–water partition coefficient (Wildman–Crippen LogP) is 0.538. The highest BCUT2D eigenvalue weighted by Gasteiger charge is 2.34. The highest BCUT2D eigenvalue weighted by molar-refractivity contribution is 5.97. The molecule has 21 heteroatoms. The molecule has 0 bridgehead atoms. The summed E-state index contributed by atoms with van der Waals surface area (Å²) in [5, 5.41) is 45.2. The van der Waals surface area contributed by atoms with Crippen molar-refractivity contribution < 1.29 is 78.0 Å². The Kier molecular flexibility index (Phi) is 27.0. The lowest BCUT2D eigenvalue weighted by Crippen LogP contribution is -2.48. The van der Waals surface area contributed by atoms with Gasteiger partial charge in [-0.1, -0.05) is 26.0 Å². The molecule has 0 fully saturated rings. The molecule has 9 N–H and O–H groups in total. The van der Waals surface area contributed by atoms with Crippen molar-refractivity contribution in [2.24, 2.45) is 23.7 Å². The minimum absolute atomic E-state index is 0.0206. The van der Waals surface area contributed by atoms with Crippen LogP contribution in [-0.2, 0) is 63.8 Å². The van der Waals surface area contributed by atoms with E-state index in [9.17, 15) is 53.4 Å². The Morgan fingerprint density at radius 1 is 0.645 bits per heavy atom. The van der Waals surface area contributed by atoms with Crippen molar-refractivity contribution in [3.8, 4) is 5.75 Å². The molecule has 0 aromatic heterocycles. The molecule has 0 aliphatic rings. The fourth-order valence-corrected chi connectivity index (χ4v) is 6.27. The second-order valence-corrected chi connectivity index (χ2v) is 15.2. The van der Waals surface area contributed by atoms with Crippen LogP contribution in [-0.4, -0.2) is 132 Å². The van der Waals surface area contributed by atoms with E-state index in [-0.39, 0.29) is 76.6 Å². The number of hydroxylamine groups is 2. The molecule has 5 atom stereocenters. The summed E-state index contributed by atoms with van der Waals surface area (Å²) in [5.74, 6) is -11.1. The Bertz CT molecular complexity index is 1610. The molecular formula is C41H63N5O16. The van der Waals surface area contributed by atoms with Crippen molar-refractivity contribution in [3.05, 3.63) is 29.8 Å². The van der Waals surface area contributed by atoms with Crippen molar-refractivity contribution in [3.63, 3.8) is 0 Å². The number of rotatable bonds is 34. The maximum Gasteiger partial charge on any atom is 0.304 e. The molecule has 5 amide bonds. The molecule has 0 aliphatic heterocycles. The van der Waals surface area contributed by atoms with Gasteiger partial charge < -0.3 is 45.2 Å². The lowest BCUT2D eigenvalue weighted by molar-refractivity contribution is -0.142. The topological polar surface area (TPSA) is 322 Å². The summed E-state index contributed by atoms with van der Waals surface area (Å²) in [4.78, 5) is 116. The van der Waals surface area contributed by atoms with E-state index in [4.69, 9.17) is 24.6 Å². The van der Waals surface area contributed by atoms with Crippen LogP contribution < -0.4 is 26.9 Å². The van der Waals surface area contributed by atoms with Gasteiger partial charge in [-0.15, -0.1) is 0 Å². The first-order chi connectivity index (χ1) is 29.4. The predicted molar refractivity (Wildman–Crippen MR) is 217 cm³/mol. The number of carboxylic acid groups (broad SMARTS) is 1. The van der Waals surface area contributed by atoms with E-state index in [1.807, 2.05) is 0 Å². The molecular weight excluding hydrogens is 818 g/mol. The number of carbonyl (C=O) groups is 9.